The molecule has 2 aliphatic heterocycles. The first-order valence-corrected chi connectivity index (χ1v) is 18.3. The van der Waals surface area contributed by atoms with Crippen molar-refractivity contribution >= 4 is 48.3 Å². The SMILES string of the molecule is CCc1ccccc1N(CC)C(=O)N1Cc2c([AsH]C(=O)c3ccc(N4CCN(C)CC4)cc3)nn(C(=O)OCc3ccccc3)c2C1. The van der Waals surface area contributed by atoms with Gasteiger partial charge in [-0.05, 0) is 0 Å². The van der Waals surface area contributed by atoms with Gasteiger partial charge in [0.15, 0.2) is 0 Å². The van der Waals surface area contributed by atoms with Gasteiger partial charge in [0.1, 0.15) is 0 Å². The van der Waals surface area contributed by atoms with Crippen molar-refractivity contribution in [3.63, 3.8) is 0 Å². The van der Waals surface area contributed by atoms with Gasteiger partial charge in [0.25, 0.3) is 0 Å². The summed E-state index contributed by atoms with van der Waals surface area (Å²) in [7, 11) is 2.13. The summed E-state index contributed by atoms with van der Waals surface area (Å²) in [6.07, 6.45) is 0.181. The number of urea groups is 1. The molecule has 1 atom stereocenters. The van der Waals surface area contributed by atoms with Crippen molar-refractivity contribution < 1.29 is 19.1 Å². The van der Waals surface area contributed by atoms with Crippen LogP contribution in [0.1, 0.15) is 46.6 Å². The van der Waals surface area contributed by atoms with Crippen LogP contribution in [0, 0.1) is 0 Å². The zero-order valence-electron chi connectivity index (χ0n) is 27.2. The van der Waals surface area contributed by atoms with Crippen molar-refractivity contribution in [2.75, 3.05) is 49.6 Å². The van der Waals surface area contributed by atoms with Crippen LogP contribution < -0.4 is 14.3 Å². The van der Waals surface area contributed by atoms with Crippen molar-refractivity contribution in [2.45, 2.75) is 40.0 Å². The Kier molecular flexibility index (Phi) is 10.1. The summed E-state index contributed by atoms with van der Waals surface area (Å²) in [4.78, 5) is 49.2. The molecule has 6 rings (SSSR count). The van der Waals surface area contributed by atoms with E-state index < -0.39 is 21.8 Å². The monoisotopic (exact) mass is 696 g/mol. The number of carbonyl (C=O) groups is 3. The number of nitrogens with zero attached hydrogens (tertiary/aromatic N) is 6. The second kappa shape index (κ2) is 14.6. The Hall–Kier alpha value is -4.40. The number of carbonyl (C=O) groups excluding carboxylic acids is 3. The number of aryl methyl sites for hydroxylation is 1. The first-order chi connectivity index (χ1) is 22.9. The molecule has 0 bridgehead atoms. The maximum absolute atomic E-state index is 14.0. The maximum atomic E-state index is 14.0. The van der Waals surface area contributed by atoms with Crippen molar-refractivity contribution in [2.24, 2.45) is 0 Å². The summed E-state index contributed by atoms with van der Waals surface area (Å²) in [6, 6.07) is 25.1. The fraction of sp³-hybridized carbons (Fsp3) is 0.333. The second-order valence-corrected chi connectivity index (χ2v) is 14.4. The van der Waals surface area contributed by atoms with Gasteiger partial charge < -0.3 is 0 Å². The molecule has 1 unspecified atom stereocenters. The van der Waals surface area contributed by atoms with Crippen LogP contribution in [0.25, 0.3) is 0 Å². The predicted octanol–water partition coefficient (Wildman–Crippen LogP) is 4.25. The zero-order chi connectivity index (χ0) is 32.9. The molecule has 244 valence electrons. The summed E-state index contributed by atoms with van der Waals surface area (Å²) < 4.78 is 7.55. The topological polar surface area (TPSA) is 91.2 Å². The quantitative estimate of drug-likeness (QED) is 0.242. The average molecular weight is 697 g/mol. The minimum absolute atomic E-state index is 0.0249. The van der Waals surface area contributed by atoms with E-state index in [1.54, 1.807) is 9.80 Å². The number of aromatic nitrogens is 2. The van der Waals surface area contributed by atoms with E-state index >= 15 is 0 Å². The molecule has 1 aromatic heterocycles. The Morgan fingerprint density at radius 3 is 2.28 bits per heavy atom. The van der Waals surface area contributed by atoms with Crippen LogP contribution in [0.2, 0.25) is 0 Å². The summed E-state index contributed by atoms with van der Waals surface area (Å²) in [6.45, 7) is 9.03. The predicted molar refractivity (Wildman–Crippen MR) is 185 cm³/mol. The molecule has 0 radical (unpaired) electrons. The summed E-state index contributed by atoms with van der Waals surface area (Å²) >= 11 is -1.45. The number of para-hydroxylation sites is 1. The molecule has 4 aromatic rings. The van der Waals surface area contributed by atoms with Crippen LogP contribution in [0.3, 0.4) is 0 Å². The number of anilines is 2. The number of hydrogen-bond donors (Lipinski definition) is 0. The van der Waals surface area contributed by atoms with Gasteiger partial charge in [0, 0.05) is 0 Å². The van der Waals surface area contributed by atoms with Gasteiger partial charge in [-0.1, -0.05) is 0 Å². The van der Waals surface area contributed by atoms with E-state index in [4.69, 9.17) is 4.74 Å². The Bertz CT molecular complexity index is 1730. The standard InChI is InChI=1S/C36H41AsN6O4/c1-4-27-13-9-10-14-31(27)42(5-2)35(45)41-23-30-32(24-41)43(36(46)47-25-26-11-7-6-8-12-26)38-33(30)37-34(44)28-15-17-29(18-16-28)40-21-19-39(3)20-22-40/h6-18,37H,4-5,19-25H2,1-3H3. The number of amides is 2. The molecule has 0 N–H and O–H groups in total. The molecule has 2 aliphatic rings. The van der Waals surface area contributed by atoms with Crippen LogP contribution in [0.15, 0.2) is 78.9 Å². The second-order valence-electron chi connectivity index (χ2n) is 11.9. The first kappa shape index (κ1) is 32.5. The van der Waals surface area contributed by atoms with Crippen LogP contribution >= 0.6 is 0 Å². The van der Waals surface area contributed by atoms with E-state index in [1.165, 1.54) is 4.68 Å². The third-order valence-corrected chi connectivity index (χ3v) is 11.3. The van der Waals surface area contributed by atoms with Crippen molar-refractivity contribution in [1.82, 2.24) is 19.6 Å². The molecule has 0 aliphatic carbocycles. The van der Waals surface area contributed by atoms with Gasteiger partial charge in [0.2, 0.25) is 0 Å². The fourth-order valence-electron chi connectivity index (χ4n) is 6.13. The van der Waals surface area contributed by atoms with Crippen LogP contribution in [-0.2, 0) is 30.9 Å². The zero-order valence-corrected chi connectivity index (χ0v) is 29.3. The van der Waals surface area contributed by atoms with E-state index in [0.29, 0.717) is 22.3 Å². The number of benzene rings is 3. The number of ether oxygens (including phenoxy) is 1. The molecular weight excluding hydrogens is 655 g/mol. The Morgan fingerprint density at radius 2 is 1.57 bits per heavy atom. The van der Waals surface area contributed by atoms with Gasteiger partial charge in [0.05, 0.1) is 0 Å². The van der Waals surface area contributed by atoms with Gasteiger partial charge >= 0.3 is 283 Å². The van der Waals surface area contributed by atoms with Crippen LogP contribution in [-0.4, -0.2) is 91.8 Å². The molecule has 1 saturated heterocycles. The van der Waals surface area contributed by atoms with E-state index in [-0.39, 0.29) is 30.3 Å². The van der Waals surface area contributed by atoms with Gasteiger partial charge in [-0.2, -0.15) is 0 Å². The number of rotatable bonds is 9. The van der Waals surface area contributed by atoms with Crippen molar-refractivity contribution in [3.05, 3.63) is 107 Å². The molecule has 10 nitrogen and oxygen atoms in total. The van der Waals surface area contributed by atoms with E-state index in [0.717, 1.165) is 60.7 Å². The molecule has 0 spiro atoms. The van der Waals surface area contributed by atoms with E-state index in [1.807, 2.05) is 85.8 Å². The molecule has 3 heterocycles. The number of hydrogen-bond acceptors (Lipinski definition) is 7. The third kappa shape index (κ3) is 7.14. The molecule has 3 aromatic carbocycles. The third-order valence-electron chi connectivity index (χ3n) is 8.87. The van der Waals surface area contributed by atoms with Crippen molar-refractivity contribution in [3.8, 4) is 0 Å². The minimum atomic E-state index is -1.45. The Labute approximate surface area is 282 Å². The molecular formula is C36H41AsN6O4. The van der Waals surface area contributed by atoms with Crippen LogP contribution in [0.5, 0.6) is 0 Å². The molecule has 47 heavy (non-hydrogen) atoms. The Balaban J connectivity index is 1.24. The summed E-state index contributed by atoms with van der Waals surface area (Å²) in [5, 5.41) is 4.66. The average Bonchev–Trinajstić information content (AvgIpc) is 3.69. The first-order valence-electron chi connectivity index (χ1n) is 16.2. The Morgan fingerprint density at radius 1 is 0.872 bits per heavy atom. The van der Waals surface area contributed by atoms with Gasteiger partial charge in [-0.15, -0.1) is 0 Å². The van der Waals surface area contributed by atoms with Crippen LogP contribution in [0.4, 0.5) is 21.0 Å². The summed E-state index contributed by atoms with van der Waals surface area (Å²) in [5.41, 5.74) is 5.96. The van der Waals surface area contributed by atoms with Gasteiger partial charge in [-0.25, -0.2) is 0 Å². The number of likely N-dealkylation sites (N-methyl/N-ethyl adjacent to an activating group) is 1. The molecule has 11 heteroatoms. The number of fused-ring (bicyclic) bond motifs is 1. The van der Waals surface area contributed by atoms with Gasteiger partial charge in [-0.3, -0.25) is 0 Å². The fourth-order valence-corrected chi connectivity index (χ4v) is 8.33. The van der Waals surface area contributed by atoms with Crippen molar-refractivity contribution in [1.29, 1.82) is 0 Å². The molecule has 2 amide bonds. The normalized spacial score (nSPS) is 14.9. The van der Waals surface area contributed by atoms with E-state index in [2.05, 4.69) is 28.9 Å². The molecule has 1 fully saturated rings. The summed E-state index contributed by atoms with van der Waals surface area (Å²) in [5.74, 6) is 0. The van der Waals surface area contributed by atoms with E-state index in [9.17, 15) is 14.4 Å². The number of piperazine rings is 1. The molecule has 0 saturated carbocycles.